The lowest BCUT2D eigenvalue weighted by Gasteiger charge is -1.93. The predicted molar refractivity (Wildman–Crippen MR) is 58.5 cm³/mol. The number of ether oxygens (including phenoxy) is 1. The number of allylic oxidation sites excluding steroid dienone is 5. The summed E-state index contributed by atoms with van der Waals surface area (Å²) in [4.78, 5) is 0. The molecule has 0 N–H and O–H groups in total. The number of rotatable bonds is 7. The molecule has 0 aliphatic heterocycles. The Morgan fingerprint density at radius 2 is 2.08 bits per heavy atom. The first-order valence-electron chi connectivity index (χ1n) is 4.44. The monoisotopic (exact) mass is 178 g/mol. The maximum absolute atomic E-state index is 4.76. The Kier molecular flexibility index (Phi) is 8.01. The van der Waals surface area contributed by atoms with E-state index in [-0.39, 0.29) is 0 Å². The molecule has 0 saturated heterocycles. The fraction of sp³-hybridized carbons (Fsp3) is 0.333. The van der Waals surface area contributed by atoms with Gasteiger partial charge in [0.25, 0.3) is 0 Å². The van der Waals surface area contributed by atoms with Gasteiger partial charge in [-0.2, -0.15) is 0 Å². The van der Waals surface area contributed by atoms with Crippen molar-refractivity contribution in [1.29, 1.82) is 0 Å². The Balaban J connectivity index is 3.36. The third kappa shape index (κ3) is 8.67. The molecule has 0 rings (SSSR count). The topological polar surface area (TPSA) is 9.23 Å². The van der Waals surface area contributed by atoms with E-state index in [1.807, 2.05) is 6.08 Å². The Bertz CT molecular complexity index is 199. The Morgan fingerprint density at radius 3 is 2.69 bits per heavy atom. The van der Waals surface area contributed by atoms with E-state index < -0.39 is 0 Å². The van der Waals surface area contributed by atoms with Crippen LogP contribution in [0.5, 0.6) is 0 Å². The first kappa shape index (κ1) is 11.8. The van der Waals surface area contributed by atoms with Gasteiger partial charge in [0.05, 0.1) is 13.4 Å². The van der Waals surface area contributed by atoms with E-state index in [0.717, 1.165) is 24.8 Å². The fourth-order valence-electron chi connectivity index (χ4n) is 0.815. The van der Waals surface area contributed by atoms with Crippen molar-refractivity contribution in [2.75, 3.05) is 7.11 Å². The first-order valence-corrected chi connectivity index (χ1v) is 4.44. The summed E-state index contributed by atoms with van der Waals surface area (Å²) in [6.07, 6.45) is 12.7. The third-order valence-corrected chi connectivity index (χ3v) is 1.59. The molecule has 1 nitrogen and oxygen atoms in total. The molecule has 1 heteroatoms. The molecule has 0 atom stereocenters. The van der Waals surface area contributed by atoms with Gasteiger partial charge in [0.2, 0.25) is 0 Å². The summed E-state index contributed by atoms with van der Waals surface area (Å²) in [6, 6.07) is 0. The van der Waals surface area contributed by atoms with Crippen LogP contribution in [0.3, 0.4) is 0 Å². The molecule has 0 bridgehead atoms. The highest BCUT2D eigenvalue weighted by Crippen LogP contribution is 2.03. The van der Waals surface area contributed by atoms with E-state index in [0.29, 0.717) is 0 Å². The van der Waals surface area contributed by atoms with Gasteiger partial charge in [-0.05, 0) is 25.3 Å². The van der Waals surface area contributed by atoms with Crippen molar-refractivity contribution in [3.05, 3.63) is 49.3 Å². The highest BCUT2D eigenvalue weighted by molar-refractivity contribution is 5.11. The van der Waals surface area contributed by atoms with E-state index in [9.17, 15) is 0 Å². The van der Waals surface area contributed by atoms with Crippen LogP contribution in [0.15, 0.2) is 49.3 Å². The van der Waals surface area contributed by atoms with Gasteiger partial charge < -0.3 is 4.74 Å². The second-order valence-electron chi connectivity index (χ2n) is 2.72. The smallest absolute Gasteiger partial charge is 0.0787 e. The van der Waals surface area contributed by atoms with Crippen LogP contribution in [-0.4, -0.2) is 7.11 Å². The molecule has 0 heterocycles. The van der Waals surface area contributed by atoms with Crippen LogP contribution in [0.2, 0.25) is 0 Å². The molecule has 0 aliphatic rings. The minimum atomic E-state index is 0.925. The first-order chi connectivity index (χ1) is 6.31. The lowest BCUT2D eigenvalue weighted by atomic mass is 10.1. The van der Waals surface area contributed by atoms with Gasteiger partial charge in [-0.1, -0.05) is 37.0 Å². The van der Waals surface area contributed by atoms with Gasteiger partial charge in [-0.3, -0.25) is 0 Å². The molecule has 0 spiro atoms. The minimum Gasteiger partial charge on any atom is -0.505 e. The summed E-state index contributed by atoms with van der Waals surface area (Å²) >= 11 is 0. The average Bonchev–Trinajstić information content (AvgIpc) is 2.16. The zero-order valence-electron chi connectivity index (χ0n) is 8.33. The third-order valence-electron chi connectivity index (χ3n) is 1.59. The molecular formula is C12H18O. The zero-order chi connectivity index (χ0) is 9.94. The number of methoxy groups -OCH3 is 1. The van der Waals surface area contributed by atoms with Gasteiger partial charge in [0, 0.05) is 0 Å². The lowest BCUT2D eigenvalue weighted by molar-refractivity contribution is 0.337. The molecule has 0 aromatic heterocycles. The second kappa shape index (κ2) is 8.85. The van der Waals surface area contributed by atoms with E-state index in [1.165, 1.54) is 0 Å². The van der Waals surface area contributed by atoms with Gasteiger partial charge >= 0.3 is 0 Å². The lowest BCUT2D eigenvalue weighted by Crippen LogP contribution is -1.73. The van der Waals surface area contributed by atoms with Gasteiger partial charge in [0.1, 0.15) is 0 Å². The van der Waals surface area contributed by atoms with E-state index in [2.05, 4.69) is 25.3 Å². The molecule has 0 saturated carbocycles. The van der Waals surface area contributed by atoms with Crippen molar-refractivity contribution < 1.29 is 4.74 Å². The van der Waals surface area contributed by atoms with Gasteiger partial charge in [0.15, 0.2) is 0 Å². The van der Waals surface area contributed by atoms with Crippen LogP contribution < -0.4 is 0 Å². The van der Waals surface area contributed by atoms with Crippen molar-refractivity contribution in [3.8, 4) is 0 Å². The van der Waals surface area contributed by atoms with Gasteiger partial charge in [-0.25, -0.2) is 0 Å². The second-order valence-corrected chi connectivity index (χ2v) is 2.72. The Morgan fingerprint density at radius 1 is 1.31 bits per heavy atom. The van der Waals surface area contributed by atoms with Crippen LogP contribution in [-0.2, 0) is 4.74 Å². The zero-order valence-corrected chi connectivity index (χ0v) is 8.33. The summed E-state index contributed by atoms with van der Waals surface area (Å²) < 4.78 is 4.76. The highest BCUT2D eigenvalue weighted by atomic mass is 16.5. The SMILES string of the molecule is C=CC(=C)CCC=CCC=COC. The number of hydrogen-bond donors (Lipinski definition) is 0. The summed E-state index contributed by atoms with van der Waals surface area (Å²) in [5.74, 6) is 0. The van der Waals surface area contributed by atoms with Crippen LogP contribution in [0, 0.1) is 0 Å². The molecular weight excluding hydrogens is 160 g/mol. The van der Waals surface area contributed by atoms with Crippen molar-refractivity contribution in [3.63, 3.8) is 0 Å². The van der Waals surface area contributed by atoms with Crippen molar-refractivity contribution in [1.82, 2.24) is 0 Å². The fourth-order valence-corrected chi connectivity index (χ4v) is 0.815. The van der Waals surface area contributed by atoms with Crippen molar-refractivity contribution in [2.45, 2.75) is 19.3 Å². The largest absolute Gasteiger partial charge is 0.505 e. The van der Waals surface area contributed by atoms with Crippen LogP contribution in [0.25, 0.3) is 0 Å². The maximum atomic E-state index is 4.76. The van der Waals surface area contributed by atoms with Crippen LogP contribution >= 0.6 is 0 Å². The normalized spacial score (nSPS) is 10.8. The predicted octanol–water partition coefficient (Wildman–Crippen LogP) is 3.62. The number of hydrogen-bond acceptors (Lipinski definition) is 1. The van der Waals surface area contributed by atoms with E-state index in [1.54, 1.807) is 19.4 Å². The summed E-state index contributed by atoms with van der Waals surface area (Å²) in [6.45, 7) is 7.48. The van der Waals surface area contributed by atoms with Crippen LogP contribution in [0.4, 0.5) is 0 Å². The molecule has 13 heavy (non-hydrogen) atoms. The van der Waals surface area contributed by atoms with E-state index >= 15 is 0 Å². The maximum Gasteiger partial charge on any atom is 0.0787 e. The molecule has 0 aromatic carbocycles. The quantitative estimate of drug-likeness (QED) is 0.329. The minimum absolute atomic E-state index is 0.925. The summed E-state index contributed by atoms with van der Waals surface area (Å²) in [7, 11) is 1.65. The van der Waals surface area contributed by atoms with Crippen molar-refractivity contribution >= 4 is 0 Å². The molecule has 0 radical (unpaired) electrons. The standard InChI is InChI=1S/C12H18O/c1-4-12(2)10-8-6-5-7-9-11-13-3/h4-6,9,11H,1-2,7-8,10H2,3H3. The summed E-state index contributed by atoms with van der Waals surface area (Å²) in [5, 5.41) is 0. The Labute approximate surface area is 81.1 Å². The van der Waals surface area contributed by atoms with Crippen LogP contribution in [0.1, 0.15) is 19.3 Å². The van der Waals surface area contributed by atoms with Crippen molar-refractivity contribution in [2.24, 2.45) is 0 Å². The Hall–Kier alpha value is -1.24. The molecule has 0 aliphatic carbocycles. The molecule has 0 amide bonds. The molecule has 0 fully saturated rings. The summed E-state index contributed by atoms with van der Waals surface area (Å²) in [5.41, 5.74) is 1.09. The molecule has 0 unspecified atom stereocenters. The van der Waals surface area contributed by atoms with Gasteiger partial charge in [-0.15, -0.1) is 0 Å². The molecule has 0 aromatic rings. The average molecular weight is 178 g/mol. The van der Waals surface area contributed by atoms with E-state index in [4.69, 9.17) is 4.74 Å². The molecule has 72 valence electrons. The highest BCUT2D eigenvalue weighted by Gasteiger charge is 1.83.